The lowest BCUT2D eigenvalue weighted by molar-refractivity contribution is 0.290. The molecule has 0 atom stereocenters. The van der Waals surface area contributed by atoms with Crippen molar-refractivity contribution < 1.29 is 21.6 Å². The maximum atomic E-state index is 13.9. The third-order valence-corrected chi connectivity index (χ3v) is 7.12. The normalized spacial score (nSPS) is 16.7. The van der Waals surface area contributed by atoms with Crippen LogP contribution in [0.1, 0.15) is 24.7 Å². The summed E-state index contributed by atoms with van der Waals surface area (Å²) in [6.45, 7) is 0.332. The minimum absolute atomic E-state index is 0.0753. The average molecular weight is 411 g/mol. The smallest absolute Gasteiger partial charge is 0.248 e. The summed E-state index contributed by atoms with van der Waals surface area (Å²) in [4.78, 5) is -0.640. The highest BCUT2D eigenvalue weighted by molar-refractivity contribution is 7.89. The van der Waals surface area contributed by atoms with Gasteiger partial charge >= 0.3 is 0 Å². The molecule has 0 aliphatic carbocycles. The summed E-state index contributed by atoms with van der Waals surface area (Å²) >= 11 is 1.52. The summed E-state index contributed by atoms with van der Waals surface area (Å²) in [6.07, 6.45) is 0.920. The summed E-state index contributed by atoms with van der Waals surface area (Å²) in [7, 11) is -4.10. The summed E-state index contributed by atoms with van der Waals surface area (Å²) < 4.78 is 59.4. The first-order valence-electron chi connectivity index (χ1n) is 8.26. The first-order chi connectivity index (χ1) is 12.9. The van der Waals surface area contributed by atoms with Crippen LogP contribution < -0.4 is 0 Å². The molecule has 6 nitrogen and oxygen atoms in total. The van der Waals surface area contributed by atoms with Crippen molar-refractivity contribution in [3.8, 4) is 11.5 Å². The lowest BCUT2D eigenvalue weighted by Crippen LogP contribution is -2.38. The van der Waals surface area contributed by atoms with E-state index in [1.807, 2.05) is 16.8 Å². The van der Waals surface area contributed by atoms with Crippen molar-refractivity contribution in [1.29, 1.82) is 0 Å². The van der Waals surface area contributed by atoms with Crippen LogP contribution in [-0.4, -0.2) is 36.0 Å². The van der Waals surface area contributed by atoms with Gasteiger partial charge in [0.2, 0.25) is 21.8 Å². The van der Waals surface area contributed by atoms with Crippen LogP contribution >= 0.6 is 11.3 Å². The van der Waals surface area contributed by atoms with E-state index >= 15 is 0 Å². The summed E-state index contributed by atoms with van der Waals surface area (Å²) in [5.41, 5.74) is 0.848. The van der Waals surface area contributed by atoms with Crippen molar-refractivity contribution in [1.82, 2.24) is 14.5 Å². The van der Waals surface area contributed by atoms with Crippen LogP contribution in [0.5, 0.6) is 0 Å². The number of halogens is 2. The number of hydrogen-bond acceptors (Lipinski definition) is 6. The standard InChI is InChI=1S/C17H15F2N3O3S2/c18-13-1-2-14(19)15(9-13)27(23,24)22-6-3-11(4-7-22)16-20-21-17(25-16)12-5-8-26-10-12/h1-2,5,8-11H,3-4,6-7H2. The topological polar surface area (TPSA) is 76.3 Å². The van der Waals surface area contributed by atoms with Gasteiger partial charge in [0.1, 0.15) is 16.5 Å². The van der Waals surface area contributed by atoms with Gasteiger partial charge in [0.05, 0.1) is 0 Å². The molecule has 1 aliphatic heterocycles. The Morgan fingerprint density at radius 3 is 2.63 bits per heavy atom. The largest absolute Gasteiger partial charge is 0.420 e. The molecule has 1 aliphatic rings. The number of sulfonamides is 1. The van der Waals surface area contributed by atoms with Gasteiger partial charge in [-0.05, 0) is 42.5 Å². The van der Waals surface area contributed by atoms with Gasteiger partial charge in [0, 0.05) is 30.0 Å². The predicted octanol–water partition coefficient (Wildman–Crippen LogP) is 3.64. The lowest BCUT2D eigenvalue weighted by atomic mass is 9.98. The Hall–Kier alpha value is -2.17. The Kier molecular flexibility index (Phi) is 4.79. The van der Waals surface area contributed by atoms with E-state index in [-0.39, 0.29) is 19.0 Å². The van der Waals surface area contributed by atoms with Gasteiger partial charge in [0.15, 0.2) is 0 Å². The van der Waals surface area contributed by atoms with E-state index in [2.05, 4.69) is 10.2 Å². The van der Waals surface area contributed by atoms with Crippen LogP contribution in [0, 0.1) is 11.6 Å². The Morgan fingerprint density at radius 2 is 1.93 bits per heavy atom. The van der Waals surface area contributed by atoms with Gasteiger partial charge in [-0.15, -0.1) is 10.2 Å². The predicted molar refractivity (Wildman–Crippen MR) is 94.7 cm³/mol. The summed E-state index contributed by atoms with van der Waals surface area (Å²) in [6, 6.07) is 4.30. The molecule has 0 bridgehead atoms. The van der Waals surface area contributed by atoms with Crippen LogP contribution in [0.2, 0.25) is 0 Å². The zero-order valence-electron chi connectivity index (χ0n) is 14.0. The molecule has 3 aromatic rings. The van der Waals surface area contributed by atoms with E-state index in [0.717, 1.165) is 22.0 Å². The molecule has 142 valence electrons. The highest BCUT2D eigenvalue weighted by Crippen LogP contribution is 2.32. The molecule has 0 saturated carbocycles. The second kappa shape index (κ2) is 7.10. The van der Waals surface area contributed by atoms with Gasteiger partial charge < -0.3 is 4.42 Å². The zero-order valence-corrected chi connectivity index (χ0v) is 15.6. The van der Waals surface area contributed by atoms with Crippen molar-refractivity contribution in [2.75, 3.05) is 13.1 Å². The van der Waals surface area contributed by atoms with Gasteiger partial charge in [-0.1, -0.05) is 0 Å². The first-order valence-corrected chi connectivity index (χ1v) is 10.6. The fourth-order valence-corrected chi connectivity index (χ4v) is 5.23. The SMILES string of the molecule is O=S(=O)(c1cc(F)ccc1F)N1CCC(c2nnc(-c3ccsc3)o2)CC1. The van der Waals surface area contributed by atoms with E-state index in [0.29, 0.717) is 30.7 Å². The van der Waals surface area contributed by atoms with Crippen LogP contribution in [0.15, 0.2) is 44.3 Å². The van der Waals surface area contributed by atoms with Crippen LogP contribution in [0.25, 0.3) is 11.5 Å². The molecule has 27 heavy (non-hydrogen) atoms. The van der Waals surface area contributed by atoms with Crippen molar-refractivity contribution in [3.05, 3.63) is 52.6 Å². The van der Waals surface area contributed by atoms with E-state index in [4.69, 9.17) is 4.42 Å². The average Bonchev–Trinajstić information content (AvgIpc) is 3.35. The monoisotopic (exact) mass is 411 g/mol. The van der Waals surface area contributed by atoms with Crippen molar-refractivity contribution in [2.24, 2.45) is 0 Å². The fourth-order valence-electron chi connectivity index (χ4n) is 3.06. The van der Waals surface area contributed by atoms with Crippen molar-refractivity contribution >= 4 is 21.4 Å². The van der Waals surface area contributed by atoms with Gasteiger partial charge in [-0.2, -0.15) is 15.6 Å². The Morgan fingerprint density at radius 1 is 1.15 bits per heavy atom. The lowest BCUT2D eigenvalue weighted by Gasteiger charge is -2.29. The molecule has 0 radical (unpaired) electrons. The molecule has 1 saturated heterocycles. The molecule has 0 N–H and O–H groups in total. The van der Waals surface area contributed by atoms with E-state index in [9.17, 15) is 17.2 Å². The molecule has 4 rings (SSSR count). The quantitative estimate of drug-likeness (QED) is 0.655. The Balaban J connectivity index is 1.48. The highest BCUT2D eigenvalue weighted by Gasteiger charge is 2.33. The number of thiophene rings is 1. The van der Waals surface area contributed by atoms with Crippen molar-refractivity contribution in [3.63, 3.8) is 0 Å². The number of nitrogens with zero attached hydrogens (tertiary/aromatic N) is 3. The molecule has 3 heterocycles. The maximum Gasteiger partial charge on any atom is 0.248 e. The minimum Gasteiger partial charge on any atom is -0.420 e. The van der Waals surface area contributed by atoms with E-state index < -0.39 is 26.6 Å². The van der Waals surface area contributed by atoms with Crippen LogP contribution in [0.4, 0.5) is 8.78 Å². The van der Waals surface area contributed by atoms with Gasteiger partial charge in [0.25, 0.3) is 0 Å². The fraction of sp³-hybridized carbons (Fsp3) is 0.294. The minimum atomic E-state index is -4.10. The number of benzene rings is 1. The molecule has 1 aromatic carbocycles. The molecule has 0 amide bonds. The molecule has 0 spiro atoms. The van der Waals surface area contributed by atoms with E-state index in [1.165, 1.54) is 11.3 Å². The molecular weight excluding hydrogens is 396 g/mol. The van der Waals surface area contributed by atoms with Crippen LogP contribution in [0.3, 0.4) is 0 Å². The Labute approximate surface area is 158 Å². The third kappa shape index (κ3) is 3.52. The van der Waals surface area contributed by atoms with Gasteiger partial charge in [-0.3, -0.25) is 0 Å². The summed E-state index contributed by atoms with van der Waals surface area (Å²) in [5.74, 6) is -0.936. The maximum absolute atomic E-state index is 13.9. The highest BCUT2D eigenvalue weighted by atomic mass is 32.2. The molecule has 2 aromatic heterocycles. The van der Waals surface area contributed by atoms with Crippen molar-refractivity contribution in [2.45, 2.75) is 23.7 Å². The number of hydrogen-bond donors (Lipinski definition) is 0. The summed E-state index contributed by atoms with van der Waals surface area (Å²) in [5, 5.41) is 11.9. The first kappa shape index (κ1) is 18.2. The number of piperidine rings is 1. The molecule has 10 heteroatoms. The third-order valence-electron chi connectivity index (χ3n) is 4.52. The van der Waals surface area contributed by atoms with E-state index in [1.54, 1.807) is 0 Å². The number of aromatic nitrogens is 2. The Bertz CT molecular complexity index is 1040. The zero-order chi connectivity index (χ0) is 19.0. The molecule has 0 unspecified atom stereocenters. The second-order valence-corrected chi connectivity index (χ2v) is 8.90. The number of rotatable bonds is 4. The second-order valence-electron chi connectivity index (χ2n) is 6.21. The molecular formula is C17H15F2N3O3S2. The van der Waals surface area contributed by atoms with Crippen LogP contribution in [-0.2, 0) is 10.0 Å². The molecule has 1 fully saturated rings. The van der Waals surface area contributed by atoms with Gasteiger partial charge in [-0.25, -0.2) is 17.2 Å².